The first-order chi connectivity index (χ1) is 9.33. The number of hydrogen-bond donors (Lipinski definition) is 1. The van der Waals surface area contributed by atoms with Gasteiger partial charge in [0.25, 0.3) is 0 Å². The van der Waals surface area contributed by atoms with E-state index in [1.165, 1.54) is 24.6 Å². The molecule has 0 bridgehead atoms. The third-order valence-corrected chi connectivity index (χ3v) is 5.07. The van der Waals surface area contributed by atoms with E-state index >= 15 is 0 Å². The predicted molar refractivity (Wildman–Crippen MR) is 77.7 cm³/mol. The highest BCUT2D eigenvalue weighted by molar-refractivity contribution is 5.78. The molecule has 0 saturated heterocycles. The largest absolute Gasteiger partial charge is 0.327 e. The van der Waals surface area contributed by atoms with Gasteiger partial charge in [-0.05, 0) is 42.7 Å². The number of hydrogen-bond acceptors (Lipinski definition) is 2. The van der Waals surface area contributed by atoms with Gasteiger partial charge in [-0.2, -0.15) is 0 Å². The van der Waals surface area contributed by atoms with E-state index in [1.54, 1.807) is 0 Å². The molecule has 2 heteroatoms. The maximum atomic E-state index is 6.41. The van der Waals surface area contributed by atoms with Crippen molar-refractivity contribution >= 4 is 10.9 Å². The van der Waals surface area contributed by atoms with Crippen LogP contribution in [-0.4, -0.2) is 11.0 Å². The van der Waals surface area contributed by atoms with Gasteiger partial charge in [0.15, 0.2) is 0 Å². The molecule has 0 radical (unpaired) electrons. The van der Waals surface area contributed by atoms with Gasteiger partial charge in [-0.15, -0.1) is 0 Å². The Balaban J connectivity index is 1.51. The topological polar surface area (TPSA) is 38.9 Å². The minimum atomic E-state index is 0.309. The minimum absolute atomic E-state index is 0.309. The molecular formula is C17H20N2. The Kier molecular flexibility index (Phi) is 2.59. The molecule has 98 valence electrons. The van der Waals surface area contributed by atoms with E-state index < -0.39 is 0 Å². The molecule has 3 unspecified atom stereocenters. The van der Waals surface area contributed by atoms with E-state index in [2.05, 4.69) is 30.3 Å². The SMILES string of the molecule is NC(Cc1ccc2ccccc2n1)C1C2CCCC21. The number of aromatic nitrogens is 1. The van der Waals surface area contributed by atoms with Crippen LogP contribution in [0.5, 0.6) is 0 Å². The molecule has 1 aromatic heterocycles. The second-order valence-corrected chi connectivity index (χ2v) is 6.20. The molecule has 3 atom stereocenters. The maximum Gasteiger partial charge on any atom is 0.0705 e. The number of fused-ring (bicyclic) bond motifs is 2. The van der Waals surface area contributed by atoms with E-state index in [0.717, 1.165) is 35.4 Å². The van der Waals surface area contributed by atoms with E-state index in [-0.39, 0.29) is 0 Å². The quantitative estimate of drug-likeness (QED) is 0.911. The van der Waals surface area contributed by atoms with Crippen molar-refractivity contribution in [1.82, 2.24) is 4.98 Å². The van der Waals surface area contributed by atoms with Crippen LogP contribution in [-0.2, 0) is 6.42 Å². The zero-order valence-electron chi connectivity index (χ0n) is 11.1. The lowest BCUT2D eigenvalue weighted by molar-refractivity contribution is 0.481. The van der Waals surface area contributed by atoms with Crippen molar-refractivity contribution < 1.29 is 0 Å². The van der Waals surface area contributed by atoms with E-state index in [4.69, 9.17) is 10.7 Å². The first-order valence-corrected chi connectivity index (χ1v) is 7.43. The third-order valence-electron chi connectivity index (χ3n) is 5.07. The summed E-state index contributed by atoms with van der Waals surface area (Å²) in [6.45, 7) is 0. The molecule has 2 aliphatic rings. The van der Waals surface area contributed by atoms with Crippen molar-refractivity contribution in [2.24, 2.45) is 23.5 Å². The lowest BCUT2D eigenvalue weighted by atomic mass is 10.00. The summed E-state index contributed by atoms with van der Waals surface area (Å²) in [7, 11) is 0. The number of benzene rings is 1. The Bertz CT molecular complexity index is 597. The van der Waals surface area contributed by atoms with Crippen LogP contribution in [0.2, 0.25) is 0 Å². The standard InChI is InChI=1S/C17H20N2/c18-15(17-13-5-3-6-14(13)17)10-12-9-8-11-4-1-2-7-16(11)19-12/h1-2,4,7-9,13-15,17H,3,5-6,10,18H2. The molecule has 2 N–H and O–H groups in total. The summed E-state index contributed by atoms with van der Waals surface area (Å²) >= 11 is 0. The first-order valence-electron chi connectivity index (χ1n) is 7.43. The van der Waals surface area contributed by atoms with Crippen LogP contribution >= 0.6 is 0 Å². The number of rotatable bonds is 3. The molecule has 1 heterocycles. The Morgan fingerprint density at radius 1 is 1.11 bits per heavy atom. The van der Waals surface area contributed by atoms with E-state index in [1.807, 2.05) is 6.07 Å². The monoisotopic (exact) mass is 252 g/mol. The van der Waals surface area contributed by atoms with Gasteiger partial charge in [-0.3, -0.25) is 4.98 Å². The van der Waals surface area contributed by atoms with Gasteiger partial charge in [0, 0.05) is 23.5 Å². The summed E-state index contributed by atoms with van der Waals surface area (Å²) in [4.78, 5) is 4.74. The fraction of sp³-hybridized carbons (Fsp3) is 0.471. The smallest absolute Gasteiger partial charge is 0.0705 e. The second kappa shape index (κ2) is 4.31. The fourth-order valence-electron chi connectivity index (χ4n) is 4.11. The molecule has 2 fully saturated rings. The molecule has 0 amide bonds. The highest BCUT2D eigenvalue weighted by Crippen LogP contribution is 2.58. The summed E-state index contributed by atoms with van der Waals surface area (Å²) in [5.41, 5.74) is 8.64. The van der Waals surface area contributed by atoms with Crippen LogP contribution < -0.4 is 5.73 Å². The third kappa shape index (κ3) is 1.95. The summed E-state index contributed by atoms with van der Waals surface area (Å²) in [5.74, 6) is 2.66. The van der Waals surface area contributed by atoms with Crippen molar-refractivity contribution in [1.29, 1.82) is 0 Å². The van der Waals surface area contributed by atoms with Crippen LogP contribution in [0.25, 0.3) is 10.9 Å². The number of nitrogens with zero attached hydrogens (tertiary/aromatic N) is 1. The van der Waals surface area contributed by atoms with Crippen molar-refractivity contribution in [3.63, 3.8) is 0 Å². The molecular weight excluding hydrogens is 232 g/mol. The van der Waals surface area contributed by atoms with Crippen molar-refractivity contribution in [3.05, 3.63) is 42.1 Å². The van der Waals surface area contributed by atoms with E-state index in [0.29, 0.717) is 6.04 Å². The molecule has 1 aromatic carbocycles. The Hall–Kier alpha value is -1.41. The van der Waals surface area contributed by atoms with Crippen molar-refractivity contribution in [2.75, 3.05) is 0 Å². The molecule has 4 rings (SSSR count). The van der Waals surface area contributed by atoms with Gasteiger partial charge in [-0.1, -0.05) is 30.7 Å². The number of para-hydroxylation sites is 1. The normalized spacial score (nSPS) is 30.3. The Morgan fingerprint density at radius 3 is 2.74 bits per heavy atom. The molecule has 19 heavy (non-hydrogen) atoms. The fourth-order valence-corrected chi connectivity index (χ4v) is 4.11. The zero-order chi connectivity index (χ0) is 12.8. The van der Waals surface area contributed by atoms with Gasteiger partial charge in [0.2, 0.25) is 0 Å². The predicted octanol–water partition coefficient (Wildman–Crippen LogP) is 3.15. The molecule has 2 saturated carbocycles. The zero-order valence-corrected chi connectivity index (χ0v) is 11.1. The van der Waals surface area contributed by atoms with Crippen LogP contribution in [0.3, 0.4) is 0 Å². The van der Waals surface area contributed by atoms with Gasteiger partial charge in [0.1, 0.15) is 0 Å². The maximum absolute atomic E-state index is 6.41. The molecule has 2 nitrogen and oxygen atoms in total. The number of pyridine rings is 1. The summed E-state index contributed by atoms with van der Waals surface area (Å²) in [6.07, 6.45) is 5.18. The first kappa shape index (κ1) is 11.4. The van der Waals surface area contributed by atoms with E-state index in [9.17, 15) is 0 Å². The average Bonchev–Trinajstić information content (AvgIpc) is 2.93. The van der Waals surface area contributed by atoms with Gasteiger partial charge < -0.3 is 5.73 Å². The van der Waals surface area contributed by atoms with Gasteiger partial charge in [-0.25, -0.2) is 0 Å². The highest BCUT2D eigenvalue weighted by atomic mass is 14.8. The van der Waals surface area contributed by atoms with Crippen LogP contribution in [0, 0.1) is 17.8 Å². The lowest BCUT2D eigenvalue weighted by Gasteiger charge is -2.13. The van der Waals surface area contributed by atoms with Crippen LogP contribution in [0.4, 0.5) is 0 Å². The minimum Gasteiger partial charge on any atom is -0.327 e. The van der Waals surface area contributed by atoms with Crippen molar-refractivity contribution in [3.8, 4) is 0 Å². The highest BCUT2D eigenvalue weighted by Gasteiger charge is 2.54. The van der Waals surface area contributed by atoms with Crippen LogP contribution in [0.15, 0.2) is 36.4 Å². The molecule has 0 spiro atoms. The summed E-state index contributed by atoms with van der Waals surface area (Å²) < 4.78 is 0. The summed E-state index contributed by atoms with van der Waals surface area (Å²) in [5, 5.41) is 1.21. The lowest BCUT2D eigenvalue weighted by Crippen LogP contribution is -2.27. The average molecular weight is 252 g/mol. The molecule has 2 aliphatic carbocycles. The molecule has 2 aromatic rings. The second-order valence-electron chi connectivity index (χ2n) is 6.20. The van der Waals surface area contributed by atoms with Gasteiger partial charge >= 0.3 is 0 Å². The van der Waals surface area contributed by atoms with Gasteiger partial charge in [0.05, 0.1) is 5.52 Å². The summed E-state index contributed by atoms with van der Waals surface area (Å²) in [6, 6.07) is 12.9. The Morgan fingerprint density at radius 2 is 1.89 bits per heavy atom. The van der Waals surface area contributed by atoms with Crippen LogP contribution in [0.1, 0.15) is 25.0 Å². The molecule has 0 aliphatic heterocycles. The number of nitrogens with two attached hydrogens (primary N) is 1. The Labute approximate surface area is 114 Å². The van der Waals surface area contributed by atoms with Crippen molar-refractivity contribution in [2.45, 2.75) is 31.7 Å².